The van der Waals surface area contributed by atoms with Gasteiger partial charge in [0, 0.05) is 19.1 Å². The largest absolute Gasteiger partial charge is 0.445 e. The third-order valence-electron chi connectivity index (χ3n) is 3.97. The molecule has 1 aromatic rings. The molecule has 4 nitrogen and oxygen atoms in total. The number of nitrogens with one attached hydrogen (secondary N) is 1. The first-order chi connectivity index (χ1) is 9.01. The Balaban J connectivity index is 1.96. The van der Waals surface area contributed by atoms with Crippen LogP contribution in [0.25, 0.3) is 0 Å². The van der Waals surface area contributed by atoms with Crippen molar-refractivity contribution in [3.05, 3.63) is 35.9 Å². The quantitative estimate of drug-likeness (QED) is 0.890. The van der Waals surface area contributed by atoms with Crippen LogP contribution in [0.5, 0.6) is 0 Å². The highest BCUT2D eigenvalue weighted by Gasteiger charge is 2.39. The first-order valence-corrected chi connectivity index (χ1v) is 6.73. The average Bonchev–Trinajstić information content (AvgIpc) is 2.40. The monoisotopic (exact) mass is 262 g/mol. The zero-order valence-corrected chi connectivity index (χ0v) is 11.8. The number of rotatable bonds is 2. The smallest absolute Gasteiger partial charge is 0.410 e. The summed E-state index contributed by atoms with van der Waals surface area (Å²) in [6.45, 7) is 8.04. The Morgan fingerprint density at radius 2 is 2.11 bits per heavy atom. The summed E-state index contributed by atoms with van der Waals surface area (Å²) in [5, 5.41) is 3.38. The Morgan fingerprint density at radius 3 is 2.79 bits per heavy atom. The number of hydrogen-bond donors (Lipinski definition) is 1. The number of carbonyl (C=O) groups is 1. The van der Waals surface area contributed by atoms with E-state index >= 15 is 0 Å². The summed E-state index contributed by atoms with van der Waals surface area (Å²) in [6.07, 6.45) is -0.234. The first-order valence-electron chi connectivity index (χ1n) is 6.73. The van der Waals surface area contributed by atoms with Gasteiger partial charge in [0.15, 0.2) is 0 Å². The van der Waals surface area contributed by atoms with E-state index in [0.717, 1.165) is 12.1 Å². The highest BCUT2D eigenvalue weighted by molar-refractivity contribution is 5.69. The van der Waals surface area contributed by atoms with Gasteiger partial charge in [-0.1, -0.05) is 30.3 Å². The molecule has 1 aliphatic heterocycles. The van der Waals surface area contributed by atoms with Crippen molar-refractivity contribution in [2.24, 2.45) is 0 Å². The fourth-order valence-electron chi connectivity index (χ4n) is 2.29. The van der Waals surface area contributed by atoms with Crippen LogP contribution in [-0.2, 0) is 11.3 Å². The molecule has 1 fully saturated rings. The maximum atomic E-state index is 12.2. The van der Waals surface area contributed by atoms with Gasteiger partial charge in [-0.3, -0.25) is 0 Å². The van der Waals surface area contributed by atoms with Crippen LogP contribution in [0.3, 0.4) is 0 Å². The summed E-state index contributed by atoms with van der Waals surface area (Å²) in [4.78, 5) is 14.0. The number of piperazine rings is 1. The van der Waals surface area contributed by atoms with E-state index in [1.807, 2.05) is 35.2 Å². The van der Waals surface area contributed by atoms with Crippen molar-refractivity contribution in [2.75, 3.05) is 13.1 Å². The highest BCUT2D eigenvalue weighted by Crippen LogP contribution is 2.23. The summed E-state index contributed by atoms with van der Waals surface area (Å²) in [5.41, 5.74) is 0.781. The van der Waals surface area contributed by atoms with Gasteiger partial charge in [-0.2, -0.15) is 0 Å². The average molecular weight is 262 g/mol. The van der Waals surface area contributed by atoms with Crippen molar-refractivity contribution in [1.82, 2.24) is 10.2 Å². The molecular formula is C15H22N2O2. The number of carbonyl (C=O) groups excluding carboxylic acids is 1. The Labute approximate surface area is 114 Å². The van der Waals surface area contributed by atoms with E-state index in [0.29, 0.717) is 13.2 Å². The number of ether oxygens (including phenoxy) is 1. The van der Waals surface area contributed by atoms with Crippen LogP contribution < -0.4 is 5.32 Å². The van der Waals surface area contributed by atoms with Gasteiger partial charge in [-0.05, 0) is 26.3 Å². The Bertz CT molecular complexity index is 431. The summed E-state index contributed by atoms with van der Waals surface area (Å²) in [7, 11) is 0. The number of amides is 1. The molecule has 0 aliphatic carbocycles. The molecule has 2 rings (SSSR count). The van der Waals surface area contributed by atoms with Gasteiger partial charge in [0.05, 0.1) is 5.54 Å². The lowest BCUT2D eigenvalue weighted by molar-refractivity contribution is 0.0286. The van der Waals surface area contributed by atoms with Crippen LogP contribution in [0.1, 0.15) is 26.3 Å². The van der Waals surface area contributed by atoms with Crippen molar-refractivity contribution < 1.29 is 9.53 Å². The number of hydrogen-bond acceptors (Lipinski definition) is 3. The second-order valence-electron chi connectivity index (χ2n) is 5.52. The van der Waals surface area contributed by atoms with E-state index in [-0.39, 0.29) is 17.7 Å². The lowest BCUT2D eigenvalue weighted by atomic mass is 9.92. The van der Waals surface area contributed by atoms with Crippen LogP contribution in [0.15, 0.2) is 30.3 Å². The molecule has 1 aromatic carbocycles. The minimum atomic E-state index is -0.234. The molecule has 0 bridgehead atoms. The molecule has 0 spiro atoms. The minimum absolute atomic E-state index is 0.230. The predicted molar refractivity (Wildman–Crippen MR) is 74.9 cm³/mol. The minimum Gasteiger partial charge on any atom is -0.445 e. The molecule has 1 heterocycles. The second-order valence-corrected chi connectivity index (χ2v) is 5.52. The normalized spacial score (nSPS) is 22.1. The van der Waals surface area contributed by atoms with Crippen molar-refractivity contribution >= 4 is 6.09 Å². The molecule has 19 heavy (non-hydrogen) atoms. The maximum Gasteiger partial charge on any atom is 0.410 e. The van der Waals surface area contributed by atoms with E-state index < -0.39 is 0 Å². The fraction of sp³-hybridized carbons (Fsp3) is 0.533. The molecule has 1 N–H and O–H groups in total. The van der Waals surface area contributed by atoms with E-state index in [1.54, 1.807) is 0 Å². The molecule has 1 unspecified atom stereocenters. The number of benzene rings is 1. The van der Waals surface area contributed by atoms with Crippen molar-refractivity contribution in [2.45, 2.75) is 39.0 Å². The summed E-state index contributed by atoms with van der Waals surface area (Å²) in [6, 6.07) is 10.0. The Morgan fingerprint density at radius 1 is 1.42 bits per heavy atom. The topological polar surface area (TPSA) is 41.6 Å². The molecule has 1 amide bonds. The van der Waals surface area contributed by atoms with Crippen LogP contribution >= 0.6 is 0 Å². The molecule has 1 atom stereocenters. The molecule has 1 aliphatic rings. The second kappa shape index (κ2) is 5.61. The first kappa shape index (κ1) is 13.9. The Kier molecular flexibility index (Phi) is 4.10. The van der Waals surface area contributed by atoms with Crippen LogP contribution in [0.4, 0.5) is 4.79 Å². The van der Waals surface area contributed by atoms with Crippen LogP contribution in [0.2, 0.25) is 0 Å². The van der Waals surface area contributed by atoms with Gasteiger partial charge in [0.25, 0.3) is 0 Å². The molecule has 0 radical (unpaired) electrons. The predicted octanol–water partition coefficient (Wildman–Crippen LogP) is 2.40. The zero-order valence-electron chi connectivity index (χ0n) is 11.8. The molecule has 4 heteroatoms. The van der Waals surface area contributed by atoms with Crippen molar-refractivity contribution in [3.63, 3.8) is 0 Å². The molecule has 104 valence electrons. The highest BCUT2D eigenvalue weighted by atomic mass is 16.6. The van der Waals surface area contributed by atoms with E-state index in [9.17, 15) is 4.79 Å². The van der Waals surface area contributed by atoms with Crippen molar-refractivity contribution in [3.8, 4) is 0 Å². The standard InChI is InChI=1S/C15H22N2O2/c1-12-15(2,3)17(10-9-16-12)14(18)19-11-13-7-5-4-6-8-13/h4-8,12,16H,9-11H2,1-3H3. The molecule has 1 saturated heterocycles. The lowest BCUT2D eigenvalue weighted by Crippen LogP contribution is -2.64. The van der Waals surface area contributed by atoms with E-state index in [4.69, 9.17) is 4.74 Å². The van der Waals surface area contributed by atoms with Gasteiger partial charge in [0.1, 0.15) is 6.61 Å². The van der Waals surface area contributed by atoms with Gasteiger partial charge < -0.3 is 15.0 Å². The van der Waals surface area contributed by atoms with Gasteiger partial charge in [-0.15, -0.1) is 0 Å². The zero-order chi connectivity index (χ0) is 13.9. The van der Waals surface area contributed by atoms with Crippen molar-refractivity contribution in [1.29, 1.82) is 0 Å². The SMILES string of the molecule is CC1NCCN(C(=O)OCc2ccccc2)C1(C)C. The Hall–Kier alpha value is -1.55. The van der Waals surface area contributed by atoms with E-state index in [1.165, 1.54) is 0 Å². The summed E-state index contributed by atoms with van der Waals surface area (Å²) >= 11 is 0. The third kappa shape index (κ3) is 3.07. The molecule has 0 aromatic heterocycles. The summed E-state index contributed by atoms with van der Waals surface area (Å²) in [5.74, 6) is 0. The van der Waals surface area contributed by atoms with Gasteiger partial charge in [-0.25, -0.2) is 4.79 Å². The third-order valence-corrected chi connectivity index (χ3v) is 3.97. The van der Waals surface area contributed by atoms with Crippen LogP contribution in [-0.4, -0.2) is 35.7 Å². The fourth-order valence-corrected chi connectivity index (χ4v) is 2.29. The van der Waals surface area contributed by atoms with Gasteiger partial charge in [0.2, 0.25) is 0 Å². The van der Waals surface area contributed by atoms with Gasteiger partial charge >= 0.3 is 6.09 Å². The molecular weight excluding hydrogens is 240 g/mol. The van der Waals surface area contributed by atoms with E-state index in [2.05, 4.69) is 26.1 Å². The number of nitrogens with zero attached hydrogens (tertiary/aromatic N) is 1. The summed E-state index contributed by atoms with van der Waals surface area (Å²) < 4.78 is 5.41. The van der Waals surface area contributed by atoms with Crippen LogP contribution in [0, 0.1) is 0 Å². The maximum absolute atomic E-state index is 12.2. The molecule has 0 saturated carbocycles. The lowest BCUT2D eigenvalue weighted by Gasteiger charge is -2.46.